The van der Waals surface area contributed by atoms with E-state index in [1.165, 1.54) is 12.5 Å². The van der Waals surface area contributed by atoms with Gasteiger partial charge in [-0.3, -0.25) is 0 Å². The number of nitrogens with one attached hydrogen (secondary N) is 1. The van der Waals surface area contributed by atoms with E-state index in [1.807, 2.05) is 0 Å². The molecule has 1 aromatic rings. The Morgan fingerprint density at radius 2 is 2.11 bits per heavy atom. The summed E-state index contributed by atoms with van der Waals surface area (Å²) in [6.07, 6.45) is 1.13. The van der Waals surface area contributed by atoms with Crippen LogP contribution in [0.4, 0.5) is 8.78 Å². The number of aliphatic hydroxyl groups excluding tert-OH is 1. The molecule has 106 valence electrons. The van der Waals surface area contributed by atoms with E-state index in [4.69, 9.17) is 0 Å². The minimum absolute atomic E-state index is 0.155. The summed E-state index contributed by atoms with van der Waals surface area (Å²) in [6, 6.07) is 4.05. The molecule has 0 aromatic heterocycles. The summed E-state index contributed by atoms with van der Waals surface area (Å²) in [5.41, 5.74) is -0.255. The van der Waals surface area contributed by atoms with E-state index in [1.54, 1.807) is 0 Å². The molecular formula is C14H20F2N2O. The van der Waals surface area contributed by atoms with Crippen LogP contribution in [0.15, 0.2) is 18.2 Å². The Labute approximate surface area is 112 Å². The Morgan fingerprint density at radius 1 is 1.42 bits per heavy atom. The van der Waals surface area contributed by atoms with Crippen molar-refractivity contribution in [3.05, 3.63) is 35.4 Å². The number of nitrogens with zero attached hydrogens (tertiary/aromatic N) is 1. The van der Waals surface area contributed by atoms with Crippen molar-refractivity contribution in [1.82, 2.24) is 10.2 Å². The highest BCUT2D eigenvalue weighted by molar-refractivity contribution is 5.22. The number of benzene rings is 1. The Morgan fingerprint density at radius 3 is 2.68 bits per heavy atom. The van der Waals surface area contributed by atoms with Crippen LogP contribution in [0.1, 0.15) is 24.5 Å². The van der Waals surface area contributed by atoms with E-state index in [0.29, 0.717) is 6.04 Å². The topological polar surface area (TPSA) is 35.5 Å². The zero-order valence-corrected chi connectivity index (χ0v) is 11.1. The third-order valence-electron chi connectivity index (χ3n) is 3.72. The molecule has 1 saturated heterocycles. The molecule has 0 spiro atoms. The number of aliphatic hydroxyl groups is 1. The first-order valence-corrected chi connectivity index (χ1v) is 6.62. The summed E-state index contributed by atoms with van der Waals surface area (Å²) >= 11 is 0. The van der Waals surface area contributed by atoms with Crippen molar-refractivity contribution >= 4 is 0 Å². The largest absolute Gasteiger partial charge is 0.387 e. The maximum Gasteiger partial charge on any atom is 0.131 e. The predicted octanol–water partition coefficient (Wildman–Crippen LogP) is 1.68. The van der Waals surface area contributed by atoms with Crippen LogP contribution in [-0.4, -0.2) is 42.7 Å². The normalized spacial score (nSPS) is 21.8. The van der Waals surface area contributed by atoms with Crippen LogP contribution in [0.3, 0.4) is 0 Å². The highest BCUT2D eigenvalue weighted by Crippen LogP contribution is 2.20. The molecule has 1 aliphatic rings. The zero-order valence-electron chi connectivity index (χ0n) is 11.1. The average molecular weight is 270 g/mol. The molecule has 2 rings (SSSR count). The molecule has 2 N–H and O–H groups in total. The van der Waals surface area contributed by atoms with Crippen molar-refractivity contribution < 1.29 is 13.9 Å². The van der Waals surface area contributed by atoms with Gasteiger partial charge in [0.2, 0.25) is 0 Å². The van der Waals surface area contributed by atoms with E-state index in [9.17, 15) is 13.9 Å². The summed E-state index contributed by atoms with van der Waals surface area (Å²) in [5.74, 6) is -1.40. The van der Waals surface area contributed by atoms with Gasteiger partial charge in [-0.05, 0) is 38.6 Å². The molecule has 0 saturated carbocycles. The number of hydrogen-bond acceptors (Lipinski definition) is 3. The van der Waals surface area contributed by atoms with E-state index >= 15 is 0 Å². The Hall–Kier alpha value is -1.04. The second-order valence-corrected chi connectivity index (χ2v) is 5.09. The van der Waals surface area contributed by atoms with Gasteiger partial charge in [0.1, 0.15) is 11.6 Å². The molecule has 19 heavy (non-hydrogen) atoms. The molecule has 0 radical (unpaired) electrons. The monoisotopic (exact) mass is 270 g/mol. The quantitative estimate of drug-likeness (QED) is 0.854. The molecule has 1 heterocycles. The average Bonchev–Trinajstić information content (AvgIpc) is 2.75. The number of rotatable bonds is 5. The van der Waals surface area contributed by atoms with E-state index < -0.39 is 17.7 Å². The molecule has 0 bridgehead atoms. The zero-order chi connectivity index (χ0) is 13.8. The first-order chi connectivity index (χ1) is 9.09. The number of likely N-dealkylation sites (N-methyl/N-ethyl adjacent to an activating group) is 1. The molecule has 1 fully saturated rings. The number of halogens is 2. The predicted molar refractivity (Wildman–Crippen MR) is 69.8 cm³/mol. The van der Waals surface area contributed by atoms with Crippen LogP contribution in [0.5, 0.6) is 0 Å². The maximum atomic E-state index is 13.5. The SMILES string of the molecule is CN1CCCC1CNCC(O)c1c(F)cccc1F. The van der Waals surface area contributed by atoms with Gasteiger partial charge in [0.15, 0.2) is 0 Å². The lowest BCUT2D eigenvalue weighted by Gasteiger charge is -2.21. The Bertz CT molecular complexity index is 408. The summed E-state index contributed by atoms with van der Waals surface area (Å²) in [6.45, 7) is 1.96. The summed E-state index contributed by atoms with van der Waals surface area (Å²) < 4.78 is 26.9. The fraction of sp³-hybridized carbons (Fsp3) is 0.571. The van der Waals surface area contributed by atoms with Gasteiger partial charge < -0.3 is 15.3 Å². The van der Waals surface area contributed by atoms with Gasteiger partial charge in [0, 0.05) is 19.1 Å². The van der Waals surface area contributed by atoms with Gasteiger partial charge in [-0.1, -0.05) is 6.07 Å². The van der Waals surface area contributed by atoms with Gasteiger partial charge in [-0.25, -0.2) is 8.78 Å². The molecule has 0 amide bonds. The lowest BCUT2D eigenvalue weighted by Crippen LogP contribution is -2.37. The molecule has 3 nitrogen and oxygen atoms in total. The standard InChI is InChI=1S/C14H20F2N2O/c1-18-7-3-4-10(18)8-17-9-13(19)14-11(15)5-2-6-12(14)16/h2,5-6,10,13,17,19H,3-4,7-9H2,1H3. The second-order valence-electron chi connectivity index (χ2n) is 5.09. The van der Waals surface area contributed by atoms with Gasteiger partial charge in [-0.2, -0.15) is 0 Å². The van der Waals surface area contributed by atoms with Crippen LogP contribution in [0, 0.1) is 11.6 Å². The van der Waals surface area contributed by atoms with Crippen LogP contribution in [-0.2, 0) is 0 Å². The number of likely N-dealkylation sites (tertiary alicyclic amines) is 1. The van der Waals surface area contributed by atoms with Crippen molar-refractivity contribution in [1.29, 1.82) is 0 Å². The highest BCUT2D eigenvalue weighted by atomic mass is 19.1. The van der Waals surface area contributed by atoms with Gasteiger partial charge in [0.25, 0.3) is 0 Å². The van der Waals surface area contributed by atoms with E-state index in [0.717, 1.165) is 31.6 Å². The Balaban J connectivity index is 1.85. The van der Waals surface area contributed by atoms with Crippen LogP contribution in [0.25, 0.3) is 0 Å². The fourth-order valence-electron chi connectivity index (χ4n) is 2.55. The van der Waals surface area contributed by atoms with Gasteiger partial charge in [0.05, 0.1) is 11.7 Å². The van der Waals surface area contributed by atoms with Crippen molar-refractivity contribution in [3.8, 4) is 0 Å². The molecule has 0 aliphatic carbocycles. The highest BCUT2D eigenvalue weighted by Gasteiger charge is 2.21. The first kappa shape index (κ1) is 14.4. The molecule has 1 aromatic carbocycles. The van der Waals surface area contributed by atoms with Crippen molar-refractivity contribution in [2.75, 3.05) is 26.7 Å². The minimum Gasteiger partial charge on any atom is -0.387 e. The third kappa shape index (κ3) is 3.49. The summed E-state index contributed by atoms with van der Waals surface area (Å²) in [5, 5.41) is 13.0. The maximum absolute atomic E-state index is 13.5. The fourth-order valence-corrected chi connectivity index (χ4v) is 2.55. The lowest BCUT2D eigenvalue weighted by atomic mass is 10.1. The van der Waals surface area contributed by atoms with Crippen molar-refractivity contribution in [2.24, 2.45) is 0 Å². The van der Waals surface area contributed by atoms with Crippen molar-refractivity contribution in [2.45, 2.75) is 25.0 Å². The molecule has 2 atom stereocenters. The van der Waals surface area contributed by atoms with E-state index in [-0.39, 0.29) is 12.1 Å². The molecule has 2 unspecified atom stereocenters. The van der Waals surface area contributed by atoms with Crippen molar-refractivity contribution in [3.63, 3.8) is 0 Å². The molecule has 1 aliphatic heterocycles. The first-order valence-electron chi connectivity index (χ1n) is 6.62. The number of hydrogen-bond donors (Lipinski definition) is 2. The summed E-state index contributed by atoms with van der Waals surface area (Å²) in [4.78, 5) is 2.25. The Kier molecular flexibility index (Phi) is 4.85. The van der Waals surface area contributed by atoms with Gasteiger partial charge in [-0.15, -0.1) is 0 Å². The molecule has 5 heteroatoms. The van der Waals surface area contributed by atoms with Gasteiger partial charge >= 0.3 is 0 Å². The second kappa shape index (κ2) is 6.41. The van der Waals surface area contributed by atoms with Crippen LogP contribution in [0.2, 0.25) is 0 Å². The molecular weight excluding hydrogens is 250 g/mol. The third-order valence-corrected chi connectivity index (χ3v) is 3.72. The lowest BCUT2D eigenvalue weighted by molar-refractivity contribution is 0.161. The van der Waals surface area contributed by atoms with E-state index in [2.05, 4.69) is 17.3 Å². The smallest absolute Gasteiger partial charge is 0.131 e. The van der Waals surface area contributed by atoms with Crippen LogP contribution < -0.4 is 5.32 Å². The van der Waals surface area contributed by atoms with Crippen LogP contribution >= 0.6 is 0 Å². The summed E-state index contributed by atoms with van der Waals surface area (Å²) in [7, 11) is 2.06. The minimum atomic E-state index is -1.16.